The molecule has 6 nitrogen and oxygen atoms in total. The van der Waals surface area contributed by atoms with Crippen molar-refractivity contribution in [1.29, 1.82) is 0 Å². The molecule has 37 heavy (non-hydrogen) atoms. The highest BCUT2D eigenvalue weighted by Gasteiger charge is 2.21. The Bertz CT molecular complexity index is 1560. The van der Waals surface area contributed by atoms with E-state index in [1.807, 2.05) is 48.5 Å². The minimum absolute atomic E-state index is 0.209. The molecule has 0 radical (unpaired) electrons. The van der Waals surface area contributed by atoms with E-state index in [9.17, 15) is 4.39 Å². The fraction of sp³-hybridized carbons (Fsp3) is 0.233. The van der Waals surface area contributed by atoms with Crippen molar-refractivity contribution >= 4 is 22.5 Å². The summed E-state index contributed by atoms with van der Waals surface area (Å²) in [7, 11) is 1.78. The maximum atomic E-state index is 13.8. The average Bonchev–Trinajstić information content (AvgIpc) is 2.94. The highest BCUT2D eigenvalue weighted by molar-refractivity contribution is 5.84. The summed E-state index contributed by atoms with van der Waals surface area (Å²) in [6, 6.07) is 24.7. The molecule has 0 amide bonds. The van der Waals surface area contributed by atoms with Crippen molar-refractivity contribution in [3.05, 3.63) is 96.2 Å². The Kier molecular flexibility index (Phi) is 6.37. The summed E-state index contributed by atoms with van der Waals surface area (Å²) >= 11 is 0. The lowest BCUT2D eigenvalue weighted by Crippen LogP contribution is -2.25. The molecule has 0 bridgehead atoms. The van der Waals surface area contributed by atoms with E-state index in [1.165, 1.54) is 12.1 Å². The summed E-state index contributed by atoms with van der Waals surface area (Å²) < 4.78 is 21.5. The van der Waals surface area contributed by atoms with Gasteiger partial charge in [-0.15, -0.1) is 0 Å². The molecule has 3 aliphatic rings. The zero-order valence-corrected chi connectivity index (χ0v) is 20.6. The topological polar surface area (TPSA) is 64.3 Å². The fourth-order valence-corrected chi connectivity index (χ4v) is 5.10. The number of rotatable bonds is 5. The minimum Gasteiger partial charge on any atom is -0.381 e. The average molecular weight is 494 g/mol. The molecule has 1 fully saturated rings. The van der Waals surface area contributed by atoms with Gasteiger partial charge in [0.05, 0.1) is 45.6 Å². The van der Waals surface area contributed by atoms with Crippen molar-refractivity contribution in [1.82, 2.24) is 14.5 Å². The largest absolute Gasteiger partial charge is 0.381 e. The summed E-state index contributed by atoms with van der Waals surface area (Å²) in [6.07, 6.45) is 6.04. The number of methoxy groups -OCH3 is 1. The van der Waals surface area contributed by atoms with E-state index in [2.05, 4.69) is 20.9 Å². The quantitative estimate of drug-likeness (QED) is 0.293. The van der Waals surface area contributed by atoms with Crippen LogP contribution in [0, 0.1) is 5.82 Å². The number of nitrogens with zero attached hydrogens (tertiary/aromatic N) is 4. The lowest BCUT2D eigenvalue weighted by Gasteiger charge is -2.25. The highest BCUT2D eigenvalue weighted by atomic mass is 19.1. The van der Waals surface area contributed by atoms with Gasteiger partial charge in [-0.3, -0.25) is 4.99 Å². The number of para-hydroxylation sites is 2. The summed E-state index contributed by atoms with van der Waals surface area (Å²) in [5, 5.41) is 4.31. The zero-order chi connectivity index (χ0) is 25.2. The second-order valence-electron chi connectivity index (χ2n) is 9.41. The molecule has 3 aromatic rings. The maximum absolute atomic E-state index is 13.8. The van der Waals surface area contributed by atoms with Gasteiger partial charge in [-0.05, 0) is 86.3 Å². The highest BCUT2D eigenvalue weighted by Crippen LogP contribution is 2.31. The molecule has 2 aromatic carbocycles. The van der Waals surface area contributed by atoms with Crippen LogP contribution >= 0.6 is 0 Å². The molecule has 1 aliphatic heterocycles. The van der Waals surface area contributed by atoms with Gasteiger partial charge in [0.15, 0.2) is 0 Å². The van der Waals surface area contributed by atoms with E-state index < -0.39 is 0 Å². The van der Waals surface area contributed by atoms with Gasteiger partial charge in [0.2, 0.25) is 0 Å². The number of halogens is 1. The summed E-state index contributed by atoms with van der Waals surface area (Å²) in [6.45, 7) is 0. The Hall–Kier alpha value is -4.10. The molecular weight excluding hydrogens is 465 g/mol. The summed E-state index contributed by atoms with van der Waals surface area (Å²) in [5.74, 6) is 0.477. The van der Waals surface area contributed by atoms with E-state index in [4.69, 9.17) is 14.7 Å². The fourth-order valence-electron chi connectivity index (χ4n) is 5.10. The van der Waals surface area contributed by atoms with Crippen LogP contribution in [-0.2, 0) is 4.74 Å². The van der Waals surface area contributed by atoms with Crippen LogP contribution in [0.15, 0.2) is 90.1 Å². The van der Waals surface area contributed by atoms with Gasteiger partial charge in [0.1, 0.15) is 11.6 Å². The Balaban J connectivity index is 1.57. The Morgan fingerprint density at radius 3 is 2.49 bits per heavy atom. The van der Waals surface area contributed by atoms with Crippen molar-refractivity contribution in [2.45, 2.75) is 37.8 Å². The molecule has 6 rings (SSSR count). The Labute approximate surface area is 214 Å². The van der Waals surface area contributed by atoms with Crippen molar-refractivity contribution in [2.75, 3.05) is 12.4 Å². The van der Waals surface area contributed by atoms with Crippen LogP contribution in [0.25, 0.3) is 28.1 Å². The molecule has 1 saturated carbocycles. The van der Waals surface area contributed by atoms with Gasteiger partial charge in [-0.2, -0.15) is 0 Å². The minimum atomic E-state index is -0.267. The standard InChI is InChI=1S/C30H28FN5O/c1-37-23-15-11-21(12-16-23)33-26-19-29-27(18-25(26)35-30-8-4-5-17-32-30)34-24-6-2-3-7-28(24)36(29)22-13-9-20(31)10-14-22/h2-10,13-14,17-19,21,23H,11-12,15-16H2,1H3,(H,32,35). The van der Waals surface area contributed by atoms with Crippen molar-refractivity contribution in [3.63, 3.8) is 0 Å². The second kappa shape index (κ2) is 10.1. The van der Waals surface area contributed by atoms with Crippen LogP contribution in [0.4, 0.5) is 15.9 Å². The smallest absolute Gasteiger partial charge is 0.130 e. The molecule has 2 aliphatic carbocycles. The van der Waals surface area contributed by atoms with Crippen LogP contribution in [0.1, 0.15) is 25.7 Å². The van der Waals surface area contributed by atoms with E-state index >= 15 is 0 Å². The zero-order valence-electron chi connectivity index (χ0n) is 20.6. The van der Waals surface area contributed by atoms with Crippen LogP contribution in [0.3, 0.4) is 0 Å². The van der Waals surface area contributed by atoms with E-state index in [0.29, 0.717) is 6.10 Å². The number of ether oxygens (including phenoxy) is 1. The first-order valence-electron chi connectivity index (χ1n) is 12.6. The monoisotopic (exact) mass is 493 g/mol. The number of hydrogen-bond donors (Lipinski definition) is 1. The van der Waals surface area contributed by atoms with Crippen molar-refractivity contribution in [2.24, 2.45) is 4.99 Å². The van der Waals surface area contributed by atoms with Crippen LogP contribution < -0.4 is 10.7 Å². The van der Waals surface area contributed by atoms with Gasteiger partial charge in [0.25, 0.3) is 0 Å². The third-order valence-electron chi connectivity index (χ3n) is 7.01. The maximum Gasteiger partial charge on any atom is 0.130 e. The predicted molar refractivity (Wildman–Crippen MR) is 144 cm³/mol. The number of benzene rings is 3. The molecule has 186 valence electrons. The van der Waals surface area contributed by atoms with Gasteiger partial charge >= 0.3 is 0 Å². The van der Waals surface area contributed by atoms with E-state index in [0.717, 1.165) is 70.7 Å². The first-order chi connectivity index (χ1) is 18.2. The third kappa shape index (κ3) is 4.82. The van der Waals surface area contributed by atoms with Crippen LogP contribution in [0.5, 0.6) is 0 Å². The van der Waals surface area contributed by atoms with Crippen molar-refractivity contribution < 1.29 is 9.13 Å². The van der Waals surface area contributed by atoms with E-state index in [-0.39, 0.29) is 11.9 Å². The number of anilines is 2. The lowest BCUT2D eigenvalue weighted by atomic mass is 9.93. The van der Waals surface area contributed by atoms with Gasteiger partial charge in [-0.25, -0.2) is 14.4 Å². The molecule has 0 atom stereocenters. The Morgan fingerprint density at radius 2 is 1.73 bits per heavy atom. The van der Waals surface area contributed by atoms with Crippen LogP contribution in [0.2, 0.25) is 0 Å². The third-order valence-corrected chi connectivity index (χ3v) is 7.01. The second-order valence-corrected chi connectivity index (χ2v) is 9.41. The lowest BCUT2D eigenvalue weighted by molar-refractivity contribution is 0.0663. The molecule has 2 heterocycles. The molecule has 1 aromatic heterocycles. The summed E-state index contributed by atoms with van der Waals surface area (Å²) in [4.78, 5) is 14.7. The SMILES string of the molecule is COC1CCC(N=c2cc3n(-c4ccc(F)cc4)c4ccccc4nc-3cc2Nc2ccccn2)CC1. The van der Waals surface area contributed by atoms with Crippen LogP contribution in [-0.4, -0.2) is 33.8 Å². The molecule has 0 unspecified atom stereocenters. The molecule has 7 heteroatoms. The predicted octanol–water partition coefficient (Wildman–Crippen LogP) is 6.27. The number of nitrogens with one attached hydrogen (secondary N) is 1. The van der Waals surface area contributed by atoms with Crippen molar-refractivity contribution in [3.8, 4) is 17.1 Å². The van der Waals surface area contributed by atoms with Gasteiger partial charge < -0.3 is 14.6 Å². The molecule has 0 spiro atoms. The first kappa shape index (κ1) is 23.3. The number of pyridine rings is 1. The molecule has 1 N–H and O–H groups in total. The normalized spacial score (nSPS) is 18.4. The first-order valence-corrected chi connectivity index (χ1v) is 12.6. The Morgan fingerprint density at radius 1 is 0.946 bits per heavy atom. The van der Waals surface area contributed by atoms with E-state index in [1.54, 1.807) is 25.4 Å². The molecular formula is C30H28FN5O. The molecule has 0 saturated heterocycles. The number of aromatic nitrogens is 3. The van der Waals surface area contributed by atoms with Gasteiger partial charge in [-0.1, -0.05) is 18.2 Å². The summed E-state index contributed by atoms with van der Waals surface area (Å²) in [5.41, 5.74) is 5.23. The number of hydrogen-bond acceptors (Lipinski definition) is 5. The number of fused-ring (bicyclic) bond motifs is 2. The van der Waals surface area contributed by atoms with Gasteiger partial charge in [0, 0.05) is 19.0 Å².